The number of nitrogens with one attached hydrogen (secondary N) is 4. The first-order chi connectivity index (χ1) is 30.0. The van der Waals surface area contributed by atoms with Crippen LogP contribution in [-0.2, 0) is 30.4 Å². The fraction of sp³-hybridized carbons (Fsp3) is 0.478. The van der Waals surface area contributed by atoms with Crippen molar-refractivity contribution in [2.24, 2.45) is 11.8 Å². The standard InChI is InChI=1S/C46H54N8O8/c1-24(2)38(51-45(57)59-4)44(56)54-25(3)8-13-36(54)41-47-22-34(49-41)28-9-11-30-29(19-28)23-62-37-21-31-27(20-32(30)37)10-12-33-40(31)50-42(48-33)35-7-6-16-53(35)43(55)39(52-46(58)60-5)26-14-17-61-18-15-26/h9-12,19-22,24-26,35-36,38-39H,6-8,13-18,23H2,1-5H3,(H,47,49)(H,48,50)(H,51,57)(H,52,58). The van der Waals surface area contributed by atoms with Gasteiger partial charge in [-0.1, -0.05) is 32.0 Å². The number of carbonyl (C=O) groups excluding carboxylic acids is 4. The maximum atomic E-state index is 14.2. The second-order valence-electron chi connectivity index (χ2n) is 17.3. The molecular weight excluding hydrogens is 793 g/mol. The van der Waals surface area contributed by atoms with Crippen molar-refractivity contribution in [3.8, 4) is 28.1 Å². The van der Waals surface area contributed by atoms with E-state index in [1.807, 2.05) is 42.8 Å². The first kappa shape index (κ1) is 41.2. The van der Waals surface area contributed by atoms with Crippen LogP contribution in [0.25, 0.3) is 44.2 Å². The van der Waals surface area contributed by atoms with Gasteiger partial charge < -0.3 is 49.3 Å². The predicted octanol–water partition coefficient (Wildman–Crippen LogP) is 6.91. The van der Waals surface area contributed by atoms with E-state index < -0.39 is 24.3 Å². The van der Waals surface area contributed by atoms with Gasteiger partial charge in [-0.25, -0.2) is 19.6 Å². The number of aromatic amines is 2. The topological polar surface area (TPSA) is 193 Å². The van der Waals surface area contributed by atoms with Crippen LogP contribution in [0.15, 0.2) is 48.7 Å². The van der Waals surface area contributed by atoms with Crippen molar-refractivity contribution in [2.75, 3.05) is 34.0 Å². The fourth-order valence-corrected chi connectivity index (χ4v) is 9.88. The number of methoxy groups -OCH3 is 2. The summed E-state index contributed by atoms with van der Waals surface area (Å²) >= 11 is 0. The molecule has 4 N–H and O–H groups in total. The molecule has 16 heteroatoms. The number of hydrogen-bond donors (Lipinski definition) is 4. The van der Waals surface area contributed by atoms with E-state index in [2.05, 4.69) is 57.0 Å². The summed E-state index contributed by atoms with van der Waals surface area (Å²) in [6, 6.07) is 12.7. The van der Waals surface area contributed by atoms with Crippen LogP contribution in [0.5, 0.6) is 5.75 Å². The third kappa shape index (κ3) is 7.58. The van der Waals surface area contributed by atoms with Crippen molar-refractivity contribution in [3.63, 3.8) is 0 Å². The van der Waals surface area contributed by atoms with Gasteiger partial charge in [0.25, 0.3) is 0 Å². The highest BCUT2D eigenvalue weighted by molar-refractivity contribution is 6.07. The molecule has 3 fully saturated rings. The molecular formula is C46H54N8O8. The summed E-state index contributed by atoms with van der Waals surface area (Å²) < 4.78 is 21.7. The monoisotopic (exact) mass is 846 g/mol. The Hall–Kier alpha value is -6.16. The predicted molar refractivity (Wildman–Crippen MR) is 230 cm³/mol. The number of nitrogens with zero attached hydrogens (tertiary/aromatic N) is 4. The Morgan fingerprint density at radius 1 is 0.855 bits per heavy atom. The van der Waals surface area contributed by atoms with E-state index in [-0.39, 0.29) is 41.8 Å². The molecule has 4 amide bonds. The molecule has 9 rings (SSSR count). The second kappa shape index (κ2) is 17.0. The van der Waals surface area contributed by atoms with Crippen LogP contribution in [0.3, 0.4) is 0 Å². The third-order valence-corrected chi connectivity index (χ3v) is 13.2. The van der Waals surface area contributed by atoms with E-state index in [0.717, 1.165) is 87.0 Å². The minimum Gasteiger partial charge on any atom is -0.488 e. The van der Waals surface area contributed by atoms with Gasteiger partial charge >= 0.3 is 12.2 Å². The van der Waals surface area contributed by atoms with Crippen LogP contribution in [0.4, 0.5) is 9.59 Å². The molecule has 326 valence electrons. The van der Waals surface area contributed by atoms with E-state index in [4.69, 9.17) is 28.9 Å². The third-order valence-electron chi connectivity index (χ3n) is 13.2. The van der Waals surface area contributed by atoms with Crippen LogP contribution in [0.2, 0.25) is 0 Å². The number of carbonyl (C=O) groups is 4. The molecule has 0 aliphatic carbocycles. The lowest BCUT2D eigenvalue weighted by atomic mass is 9.90. The Kier molecular flexibility index (Phi) is 11.3. The van der Waals surface area contributed by atoms with Crippen molar-refractivity contribution in [1.29, 1.82) is 0 Å². The summed E-state index contributed by atoms with van der Waals surface area (Å²) in [7, 11) is 2.60. The number of likely N-dealkylation sites (tertiary alicyclic amines) is 2. The summed E-state index contributed by atoms with van der Waals surface area (Å²) in [6.45, 7) is 7.89. The van der Waals surface area contributed by atoms with Crippen LogP contribution >= 0.6 is 0 Å². The molecule has 0 saturated carbocycles. The van der Waals surface area contributed by atoms with Crippen LogP contribution in [0.1, 0.15) is 88.6 Å². The molecule has 16 nitrogen and oxygen atoms in total. The van der Waals surface area contributed by atoms with E-state index in [9.17, 15) is 19.2 Å². The van der Waals surface area contributed by atoms with Gasteiger partial charge in [-0.3, -0.25) is 9.59 Å². The highest BCUT2D eigenvalue weighted by atomic mass is 16.5. The Morgan fingerprint density at radius 3 is 2.42 bits per heavy atom. The molecule has 5 unspecified atom stereocenters. The molecule has 3 saturated heterocycles. The van der Waals surface area contributed by atoms with Gasteiger partial charge in [-0.05, 0) is 104 Å². The summed E-state index contributed by atoms with van der Waals surface area (Å²) in [6.07, 6.45) is 5.08. The molecule has 4 aliphatic heterocycles. The SMILES string of the molecule is COC(=O)NC(C(=O)N1C(C)CCC1c1ncc(-c2ccc3c(c2)COc2cc4c(ccc5[nH]c(C6CCCN6C(=O)C(NC(=O)OC)C6CCOCC6)nc54)cc2-3)[nH]1)C(C)C. The quantitative estimate of drug-likeness (QED) is 0.121. The largest absolute Gasteiger partial charge is 0.488 e. The van der Waals surface area contributed by atoms with Gasteiger partial charge in [0, 0.05) is 36.8 Å². The molecule has 6 heterocycles. The molecule has 0 bridgehead atoms. The van der Waals surface area contributed by atoms with Gasteiger partial charge in [0.05, 0.1) is 49.2 Å². The van der Waals surface area contributed by atoms with Crippen molar-refractivity contribution in [2.45, 2.75) is 96.1 Å². The molecule has 2 aromatic heterocycles. The number of rotatable bonds is 9. The average Bonchev–Trinajstić information content (AvgIpc) is 4.12. The van der Waals surface area contributed by atoms with Gasteiger partial charge in [0.15, 0.2) is 0 Å². The zero-order valence-electron chi connectivity index (χ0n) is 35.8. The Bertz CT molecular complexity index is 2530. The van der Waals surface area contributed by atoms with Crippen LogP contribution in [0, 0.1) is 11.8 Å². The maximum absolute atomic E-state index is 14.2. The number of H-pyrrole nitrogens is 2. The van der Waals surface area contributed by atoms with Crippen molar-refractivity contribution in [3.05, 3.63) is 65.9 Å². The maximum Gasteiger partial charge on any atom is 0.407 e. The first-order valence-electron chi connectivity index (χ1n) is 21.7. The van der Waals surface area contributed by atoms with Crippen molar-refractivity contribution < 1.29 is 38.1 Å². The lowest BCUT2D eigenvalue weighted by Crippen LogP contribution is -2.53. The smallest absolute Gasteiger partial charge is 0.407 e. The molecule has 3 aromatic carbocycles. The van der Waals surface area contributed by atoms with Crippen LogP contribution < -0.4 is 15.4 Å². The number of aromatic nitrogens is 4. The number of ether oxygens (including phenoxy) is 4. The number of fused-ring (bicyclic) bond motifs is 6. The van der Waals surface area contributed by atoms with Crippen LogP contribution in [-0.4, -0.2) is 106 Å². The summed E-state index contributed by atoms with van der Waals surface area (Å²) in [5.74, 6) is 1.75. The fourth-order valence-electron chi connectivity index (χ4n) is 9.88. The van der Waals surface area contributed by atoms with Gasteiger partial charge in [-0.15, -0.1) is 0 Å². The minimum absolute atomic E-state index is 0.0168. The highest BCUT2D eigenvalue weighted by Gasteiger charge is 2.42. The zero-order valence-corrected chi connectivity index (χ0v) is 35.8. The Morgan fingerprint density at radius 2 is 1.65 bits per heavy atom. The van der Waals surface area contributed by atoms with Gasteiger partial charge in [0.2, 0.25) is 11.8 Å². The summed E-state index contributed by atoms with van der Waals surface area (Å²) in [4.78, 5) is 73.2. The van der Waals surface area contributed by atoms with E-state index in [0.29, 0.717) is 45.0 Å². The zero-order chi connectivity index (χ0) is 43.2. The molecule has 0 spiro atoms. The lowest BCUT2D eigenvalue weighted by molar-refractivity contribution is -0.137. The first-order valence-corrected chi connectivity index (χ1v) is 21.7. The Balaban J connectivity index is 0.956. The number of imidazole rings is 2. The minimum atomic E-state index is -0.719. The lowest BCUT2D eigenvalue weighted by Gasteiger charge is -2.34. The normalized spacial score (nSPS) is 21.0. The van der Waals surface area contributed by atoms with E-state index in [1.165, 1.54) is 14.2 Å². The van der Waals surface area contributed by atoms with Crippen molar-refractivity contribution >= 4 is 45.8 Å². The average molecular weight is 847 g/mol. The number of alkyl carbamates (subject to hydrolysis) is 2. The molecule has 5 aromatic rings. The van der Waals surface area contributed by atoms with E-state index in [1.54, 1.807) is 0 Å². The number of hydrogen-bond acceptors (Lipinski definition) is 10. The molecule has 62 heavy (non-hydrogen) atoms. The second-order valence-corrected chi connectivity index (χ2v) is 17.3. The van der Waals surface area contributed by atoms with Crippen molar-refractivity contribution in [1.82, 2.24) is 40.4 Å². The molecule has 0 radical (unpaired) electrons. The summed E-state index contributed by atoms with van der Waals surface area (Å²) in [5, 5.41) is 7.52. The van der Waals surface area contributed by atoms with Gasteiger partial charge in [0.1, 0.15) is 36.1 Å². The Labute approximate surface area is 359 Å². The number of amides is 4. The highest BCUT2D eigenvalue weighted by Crippen LogP contribution is 2.44. The number of benzene rings is 3. The molecule has 5 atom stereocenters. The molecule has 4 aliphatic rings. The van der Waals surface area contributed by atoms with Gasteiger partial charge in [-0.2, -0.15) is 0 Å². The summed E-state index contributed by atoms with van der Waals surface area (Å²) in [5.41, 5.74) is 6.59. The van der Waals surface area contributed by atoms with E-state index >= 15 is 0 Å².